The summed E-state index contributed by atoms with van der Waals surface area (Å²) in [4.78, 5) is 28.2. The monoisotopic (exact) mass is 605 g/mol. The summed E-state index contributed by atoms with van der Waals surface area (Å²) in [5.41, 5.74) is 1.28. The molecule has 1 amide bonds. The Hall–Kier alpha value is -3.89. The van der Waals surface area contributed by atoms with Gasteiger partial charge in [-0.15, -0.1) is 11.3 Å². The van der Waals surface area contributed by atoms with Crippen LogP contribution in [0.5, 0.6) is 11.6 Å². The molecule has 41 heavy (non-hydrogen) atoms. The Balaban J connectivity index is 1.15. The number of pyridine rings is 1. The highest BCUT2D eigenvalue weighted by Crippen LogP contribution is 2.37. The van der Waals surface area contributed by atoms with E-state index < -0.39 is 24.6 Å². The average Bonchev–Trinajstić information content (AvgIpc) is 3.65. The van der Waals surface area contributed by atoms with Gasteiger partial charge in [0, 0.05) is 41.4 Å². The summed E-state index contributed by atoms with van der Waals surface area (Å²) in [5.74, 6) is -0.605. The van der Waals surface area contributed by atoms with Gasteiger partial charge >= 0.3 is 6.18 Å². The molecule has 0 radical (unpaired) electrons. The molecule has 214 valence electrons. The van der Waals surface area contributed by atoms with E-state index in [2.05, 4.69) is 16.2 Å². The molecule has 2 aliphatic heterocycles. The fraction of sp³-hybridized carbons (Fsp3) is 0.370. The van der Waals surface area contributed by atoms with Gasteiger partial charge in [0.25, 0.3) is 11.8 Å². The summed E-state index contributed by atoms with van der Waals surface area (Å²) in [7, 11) is 1.28. The lowest BCUT2D eigenvalue weighted by Crippen LogP contribution is -2.40. The van der Waals surface area contributed by atoms with E-state index in [9.17, 15) is 23.2 Å². The third kappa shape index (κ3) is 6.23. The van der Waals surface area contributed by atoms with Crippen LogP contribution in [0.15, 0.2) is 40.9 Å². The summed E-state index contributed by atoms with van der Waals surface area (Å²) in [6, 6.07) is 9.14. The summed E-state index contributed by atoms with van der Waals surface area (Å²) in [6.07, 6.45) is -3.36. The van der Waals surface area contributed by atoms with Gasteiger partial charge in [0.2, 0.25) is 0 Å². The van der Waals surface area contributed by atoms with Gasteiger partial charge in [-0.05, 0) is 37.1 Å². The molecule has 2 aliphatic rings. The zero-order valence-corrected chi connectivity index (χ0v) is 23.2. The number of hydrogen-bond acceptors (Lipinski definition) is 9. The van der Waals surface area contributed by atoms with Crippen molar-refractivity contribution in [2.75, 3.05) is 26.8 Å². The van der Waals surface area contributed by atoms with Gasteiger partial charge in [0.05, 0.1) is 29.4 Å². The Morgan fingerprint density at radius 3 is 2.73 bits per heavy atom. The third-order valence-electron chi connectivity index (χ3n) is 6.85. The molecular formula is C27H23ClF3N5O4S. The van der Waals surface area contributed by atoms with E-state index in [1.54, 1.807) is 23.1 Å². The number of oxime groups is 1. The van der Waals surface area contributed by atoms with Crippen LogP contribution in [0.1, 0.15) is 58.8 Å². The maximum absolute atomic E-state index is 13.0. The van der Waals surface area contributed by atoms with E-state index in [4.69, 9.17) is 30.9 Å². The van der Waals surface area contributed by atoms with Crippen molar-refractivity contribution in [1.29, 1.82) is 5.26 Å². The number of halogens is 4. The number of carbonyl (C=O) groups is 1. The zero-order chi connectivity index (χ0) is 29.1. The molecule has 5 rings (SSSR count). The lowest BCUT2D eigenvalue weighted by Gasteiger charge is -2.31. The smallest absolute Gasteiger partial charge is 0.433 e. The molecule has 9 nitrogen and oxygen atoms in total. The predicted octanol–water partition coefficient (Wildman–Crippen LogP) is 5.74. The standard InChI is InChI=1S/C27H23ClF3N5O4S/c1-38-20-5-6-22(27(29,30)31)34-25(20)39-13-23(37)36-9-7-15(8-10-36)26-33-19(14-41-26)18-11-21(40-35-18)24-16(12-32)3-2-4-17(24)28/h2-6,14-15,21H,7-11,13H2,1H3. The lowest BCUT2D eigenvalue weighted by atomic mass is 9.97. The van der Waals surface area contributed by atoms with Crippen molar-refractivity contribution in [3.63, 3.8) is 0 Å². The Bertz CT molecular complexity index is 1520. The summed E-state index contributed by atoms with van der Waals surface area (Å²) >= 11 is 7.83. The minimum absolute atomic E-state index is 0.00467. The fourth-order valence-electron chi connectivity index (χ4n) is 4.69. The minimum atomic E-state index is -4.65. The average molecular weight is 606 g/mol. The number of nitrogens with zero attached hydrogens (tertiary/aromatic N) is 5. The van der Waals surface area contributed by atoms with Crippen molar-refractivity contribution < 1.29 is 32.3 Å². The fourth-order valence-corrected chi connectivity index (χ4v) is 5.99. The highest BCUT2D eigenvalue weighted by molar-refractivity contribution is 7.10. The van der Waals surface area contributed by atoms with Crippen LogP contribution in [0.3, 0.4) is 0 Å². The van der Waals surface area contributed by atoms with Crippen molar-refractivity contribution in [3.05, 3.63) is 68.3 Å². The van der Waals surface area contributed by atoms with Crippen molar-refractivity contribution in [2.45, 2.75) is 37.5 Å². The third-order valence-corrected chi connectivity index (χ3v) is 8.18. The molecule has 3 aromatic rings. The van der Waals surface area contributed by atoms with Crippen LogP contribution in [0, 0.1) is 11.3 Å². The van der Waals surface area contributed by atoms with E-state index in [0.29, 0.717) is 59.9 Å². The first kappa shape index (κ1) is 28.6. The Morgan fingerprint density at radius 1 is 1.24 bits per heavy atom. The molecule has 2 aromatic heterocycles. The van der Waals surface area contributed by atoms with Crippen molar-refractivity contribution in [2.24, 2.45) is 5.16 Å². The van der Waals surface area contributed by atoms with Crippen LogP contribution in [-0.2, 0) is 15.8 Å². The molecule has 1 aromatic carbocycles. The number of alkyl halides is 3. The number of hydrogen-bond donors (Lipinski definition) is 0. The summed E-state index contributed by atoms with van der Waals surface area (Å²) in [6.45, 7) is 0.436. The van der Waals surface area contributed by atoms with Gasteiger partial charge in [-0.2, -0.15) is 18.4 Å². The van der Waals surface area contributed by atoms with E-state index in [-0.39, 0.29) is 23.5 Å². The lowest BCUT2D eigenvalue weighted by molar-refractivity contribution is -0.141. The molecule has 1 unspecified atom stereocenters. The molecule has 1 fully saturated rings. The topological polar surface area (TPSA) is 110 Å². The molecule has 1 atom stereocenters. The van der Waals surface area contributed by atoms with Gasteiger partial charge in [-0.3, -0.25) is 4.79 Å². The first-order chi connectivity index (χ1) is 19.7. The van der Waals surface area contributed by atoms with Gasteiger partial charge in [-0.1, -0.05) is 22.8 Å². The first-order valence-electron chi connectivity index (χ1n) is 12.6. The molecule has 14 heteroatoms. The first-order valence-corrected chi connectivity index (χ1v) is 13.8. The van der Waals surface area contributed by atoms with Crippen LogP contribution in [-0.4, -0.2) is 53.3 Å². The second-order valence-electron chi connectivity index (χ2n) is 9.37. The van der Waals surface area contributed by atoms with Crippen LogP contribution < -0.4 is 9.47 Å². The molecule has 1 saturated heterocycles. The molecule has 0 spiro atoms. The molecule has 0 saturated carbocycles. The van der Waals surface area contributed by atoms with E-state index >= 15 is 0 Å². The molecule has 4 heterocycles. The second-order valence-corrected chi connectivity index (χ2v) is 10.7. The number of ether oxygens (including phenoxy) is 2. The number of piperidine rings is 1. The maximum atomic E-state index is 13.0. The van der Waals surface area contributed by atoms with Crippen molar-refractivity contribution >= 4 is 34.6 Å². The maximum Gasteiger partial charge on any atom is 0.433 e. The Labute approximate surface area is 242 Å². The number of benzene rings is 1. The van der Waals surface area contributed by atoms with Crippen molar-refractivity contribution in [1.82, 2.24) is 14.9 Å². The van der Waals surface area contributed by atoms with Gasteiger partial charge in [0.1, 0.15) is 11.4 Å². The normalized spacial score (nSPS) is 17.5. The highest BCUT2D eigenvalue weighted by atomic mass is 35.5. The highest BCUT2D eigenvalue weighted by Gasteiger charge is 2.34. The number of nitriles is 1. The van der Waals surface area contributed by atoms with Crippen LogP contribution >= 0.6 is 22.9 Å². The number of likely N-dealkylation sites (tertiary alicyclic amines) is 1. The summed E-state index contributed by atoms with van der Waals surface area (Å²) in [5, 5.41) is 16.9. The van der Waals surface area contributed by atoms with Gasteiger partial charge < -0.3 is 19.2 Å². The predicted molar refractivity (Wildman–Crippen MR) is 143 cm³/mol. The largest absolute Gasteiger partial charge is 0.491 e. The van der Waals surface area contributed by atoms with Crippen molar-refractivity contribution in [3.8, 4) is 17.7 Å². The van der Waals surface area contributed by atoms with Crippen LogP contribution in [0.25, 0.3) is 0 Å². The van der Waals surface area contributed by atoms with E-state index in [1.165, 1.54) is 18.4 Å². The second kappa shape index (κ2) is 11.9. The Kier molecular flexibility index (Phi) is 8.32. The molecule has 0 N–H and O–H groups in total. The number of aromatic nitrogens is 2. The zero-order valence-electron chi connectivity index (χ0n) is 21.7. The number of methoxy groups -OCH3 is 1. The number of thiazole rings is 1. The number of amides is 1. The summed E-state index contributed by atoms with van der Waals surface area (Å²) < 4.78 is 49.4. The minimum Gasteiger partial charge on any atom is -0.491 e. The Morgan fingerprint density at radius 2 is 2.02 bits per heavy atom. The number of carbonyl (C=O) groups excluding carboxylic acids is 1. The van der Waals surface area contributed by atoms with Gasteiger partial charge in [-0.25, -0.2) is 9.97 Å². The van der Waals surface area contributed by atoms with E-state index in [1.807, 2.05) is 5.38 Å². The SMILES string of the molecule is COc1ccc(C(F)(F)F)nc1OCC(=O)N1CCC(c2nc(C3=NOC(c4c(Cl)cccc4C#N)C3)cs2)CC1. The quantitative estimate of drug-likeness (QED) is 0.338. The molecule has 0 bridgehead atoms. The molecule has 0 aliphatic carbocycles. The molecular weight excluding hydrogens is 583 g/mol. The van der Waals surface area contributed by atoms with E-state index in [0.717, 1.165) is 17.1 Å². The van der Waals surface area contributed by atoms with Crippen LogP contribution in [0.2, 0.25) is 5.02 Å². The van der Waals surface area contributed by atoms with Gasteiger partial charge in [0.15, 0.2) is 18.5 Å². The number of rotatable bonds is 7. The van der Waals surface area contributed by atoms with Crippen LogP contribution in [0.4, 0.5) is 13.2 Å².